The Morgan fingerprint density at radius 3 is 1.45 bits per heavy atom. The van der Waals surface area contributed by atoms with Gasteiger partial charge in [0.25, 0.3) is 0 Å². The molecule has 70 valence electrons. The van der Waals surface area contributed by atoms with Gasteiger partial charge in [0, 0.05) is 12.6 Å². The Bertz CT molecular complexity index is 70.0. The molecule has 2 heteroatoms. The van der Waals surface area contributed by atoms with Gasteiger partial charge in [-0.2, -0.15) is 0 Å². The smallest absolute Gasteiger partial charge is 0.0188 e. The Morgan fingerprint density at radius 1 is 1.00 bits per heavy atom. The standard InChI is InChI=1S/C7H18N2.C2H6/c1-7(9(4)5)6-8(2)3;1-2/h7H,6H2,1-5H3;1-2H3/t7-;/m0./s1. The molecule has 0 amide bonds. The molecule has 0 saturated heterocycles. The van der Waals surface area contributed by atoms with Gasteiger partial charge < -0.3 is 9.80 Å². The summed E-state index contributed by atoms with van der Waals surface area (Å²) in [4.78, 5) is 4.42. The van der Waals surface area contributed by atoms with Crippen LogP contribution >= 0.6 is 0 Å². The highest BCUT2D eigenvalue weighted by Crippen LogP contribution is 1.91. The topological polar surface area (TPSA) is 6.48 Å². The van der Waals surface area contributed by atoms with Gasteiger partial charge in [0.05, 0.1) is 0 Å². The highest BCUT2D eigenvalue weighted by atomic mass is 15.2. The van der Waals surface area contributed by atoms with Crippen molar-refractivity contribution in [3.63, 3.8) is 0 Å². The van der Waals surface area contributed by atoms with E-state index >= 15 is 0 Å². The molecule has 0 fully saturated rings. The second-order valence-electron chi connectivity index (χ2n) is 3.07. The van der Waals surface area contributed by atoms with Crippen LogP contribution in [0.15, 0.2) is 0 Å². The van der Waals surface area contributed by atoms with E-state index in [1.807, 2.05) is 13.8 Å². The van der Waals surface area contributed by atoms with Gasteiger partial charge in [-0.1, -0.05) is 13.8 Å². The minimum atomic E-state index is 0.653. The number of hydrogen-bond donors (Lipinski definition) is 0. The molecule has 0 aliphatic carbocycles. The second-order valence-corrected chi connectivity index (χ2v) is 3.07. The van der Waals surface area contributed by atoms with E-state index in [-0.39, 0.29) is 0 Å². The first-order valence-corrected chi connectivity index (χ1v) is 4.35. The molecule has 0 heterocycles. The van der Waals surface area contributed by atoms with Crippen molar-refractivity contribution in [2.75, 3.05) is 34.7 Å². The van der Waals surface area contributed by atoms with Gasteiger partial charge in [-0.15, -0.1) is 0 Å². The summed E-state index contributed by atoms with van der Waals surface area (Å²) in [6.45, 7) is 7.35. The van der Waals surface area contributed by atoms with Crippen molar-refractivity contribution in [3.05, 3.63) is 0 Å². The maximum Gasteiger partial charge on any atom is 0.0188 e. The number of likely N-dealkylation sites (N-methyl/N-ethyl adjacent to an activating group) is 2. The van der Waals surface area contributed by atoms with Crippen LogP contribution in [0.25, 0.3) is 0 Å². The average Bonchev–Trinajstić information content (AvgIpc) is 1.90. The van der Waals surface area contributed by atoms with E-state index in [4.69, 9.17) is 0 Å². The first-order valence-electron chi connectivity index (χ1n) is 4.35. The fourth-order valence-corrected chi connectivity index (χ4v) is 0.692. The van der Waals surface area contributed by atoms with Crippen LogP contribution in [0.3, 0.4) is 0 Å². The van der Waals surface area contributed by atoms with Gasteiger partial charge >= 0.3 is 0 Å². The molecule has 0 aliphatic rings. The zero-order valence-electron chi connectivity index (χ0n) is 9.18. The minimum Gasteiger partial charge on any atom is -0.308 e. The predicted octanol–water partition coefficient (Wildman–Crippen LogP) is 1.52. The maximum atomic E-state index is 2.22. The molecule has 0 aromatic carbocycles. The predicted molar refractivity (Wildman–Crippen MR) is 53.1 cm³/mol. The van der Waals surface area contributed by atoms with Gasteiger partial charge in [-0.25, -0.2) is 0 Å². The summed E-state index contributed by atoms with van der Waals surface area (Å²) in [5, 5.41) is 0. The van der Waals surface area contributed by atoms with Crippen LogP contribution in [-0.4, -0.2) is 50.6 Å². The number of rotatable bonds is 3. The minimum absolute atomic E-state index is 0.653. The summed E-state index contributed by atoms with van der Waals surface area (Å²) in [5.74, 6) is 0. The highest BCUT2D eigenvalue weighted by molar-refractivity contribution is 4.61. The summed E-state index contributed by atoms with van der Waals surface area (Å²) in [7, 11) is 8.41. The van der Waals surface area contributed by atoms with Gasteiger partial charge in [-0.3, -0.25) is 0 Å². The van der Waals surface area contributed by atoms with E-state index in [1.54, 1.807) is 0 Å². The summed E-state index contributed by atoms with van der Waals surface area (Å²) in [6, 6.07) is 0.653. The normalized spacial score (nSPS) is 12.8. The van der Waals surface area contributed by atoms with Crippen LogP contribution in [-0.2, 0) is 0 Å². The van der Waals surface area contributed by atoms with E-state index in [2.05, 4.69) is 44.9 Å². The van der Waals surface area contributed by atoms with Crippen LogP contribution in [0.5, 0.6) is 0 Å². The molecular weight excluding hydrogens is 136 g/mol. The second kappa shape index (κ2) is 8.02. The molecule has 0 bridgehead atoms. The Labute approximate surface area is 72.2 Å². The fraction of sp³-hybridized carbons (Fsp3) is 1.00. The Hall–Kier alpha value is -0.0800. The summed E-state index contributed by atoms with van der Waals surface area (Å²) in [5.41, 5.74) is 0. The molecule has 11 heavy (non-hydrogen) atoms. The van der Waals surface area contributed by atoms with E-state index in [1.165, 1.54) is 0 Å². The third-order valence-corrected chi connectivity index (χ3v) is 1.51. The number of nitrogens with zero attached hydrogens (tertiary/aromatic N) is 2. The van der Waals surface area contributed by atoms with E-state index in [9.17, 15) is 0 Å². The van der Waals surface area contributed by atoms with Crippen LogP contribution in [0.4, 0.5) is 0 Å². The van der Waals surface area contributed by atoms with Gasteiger partial charge in [0.15, 0.2) is 0 Å². The molecule has 0 N–H and O–H groups in total. The third-order valence-electron chi connectivity index (χ3n) is 1.51. The van der Waals surface area contributed by atoms with Crippen LogP contribution in [0.1, 0.15) is 20.8 Å². The van der Waals surface area contributed by atoms with Crippen molar-refractivity contribution in [2.24, 2.45) is 0 Å². The third kappa shape index (κ3) is 9.92. The van der Waals surface area contributed by atoms with Crippen LogP contribution in [0, 0.1) is 0 Å². The van der Waals surface area contributed by atoms with Crippen molar-refractivity contribution in [2.45, 2.75) is 26.8 Å². The summed E-state index contributed by atoms with van der Waals surface area (Å²) in [6.07, 6.45) is 0. The average molecular weight is 160 g/mol. The largest absolute Gasteiger partial charge is 0.308 e. The first-order chi connectivity index (χ1) is 5.04. The lowest BCUT2D eigenvalue weighted by Gasteiger charge is -2.22. The van der Waals surface area contributed by atoms with Crippen molar-refractivity contribution < 1.29 is 0 Å². The van der Waals surface area contributed by atoms with E-state index in [0.29, 0.717) is 6.04 Å². The van der Waals surface area contributed by atoms with Crippen LogP contribution < -0.4 is 0 Å². The van der Waals surface area contributed by atoms with Crippen molar-refractivity contribution >= 4 is 0 Å². The van der Waals surface area contributed by atoms with Crippen molar-refractivity contribution in [1.29, 1.82) is 0 Å². The highest BCUT2D eigenvalue weighted by Gasteiger charge is 2.03. The van der Waals surface area contributed by atoms with Gasteiger partial charge in [0.1, 0.15) is 0 Å². The lowest BCUT2D eigenvalue weighted by Crippen LogP contribution is -2.34. The molecule has 0 saturated carbocycles. The molecule has 0 aliphatic heterocycles. The zero-order chi connectivity index (χ0) is 9.44. The van der Waals surface area contributed by atoms with E-state index in [0.717, 1.165) is 6.54 Å². The molecular formula is C9H24N2. The molecule has 0 radical (unpaired) electrons. The molecule has 0 unspecified atom stereocenters. The monoisotopic (exact) mass is 160 g/mol. The summed E-state index contributed by atoms with van der Waals surface area (Å²) >= 11 is 0. The lowest BCUT2D eigenvalue weighted by molar-refractivity contribution is 0.244. The number of hydrogen-bond acceptors (Lipinski definition) is 2. The quantitative estimate of drug-likeness (QED) is 0.617. The summed E-state index contributed by atoms with van der Waals surface area (Å²) < 4.78 is 0. The lowest BCUT2D eigenvalue weighted by atomic mass is 10.3. The first kappa shape index (κ1) is 13.5. The van der Waals surface area contributed by atoms with E-state index < -0.39 is 0 Å². The van der Waals surface area contributed by atoms with Gasteiger partial charge in [0.2, 0.25) is 0 Å². The Balaban J connectivity index is 0. The molecule has 1 atom stereocenters. The van der Waals surface area contributed by atoms with Gasteiger partial charge in [-0.05, 0) is 35.1 Å². The Kier molecular flexibility index (Phi) is 9.85. The van der Waals surface area contributed by atoms with Crippen LogP contribution in [0.2, 0.25) is 0 Å². The molecule has 2 nitrogen and oxygen atoms in total. The molecule has 0 aromatic heterocycles. The fourth-order valence-electron chi connectivity index (χ4n) is 0.692. The SMILES string of the molecule is CC.C[C@@H](CN(C)C)N(C)C. The molecule has 0 spiro atoms. The van der Waals surface area contributed by atoms with Crippen molar-refractivity contribution in [1.82, 2.24) is 9.80 Å². The maximum absolute atomic E-state index is 2.22. The zero-order valence-corrected chi connectivity index (χ0v) is 9.18. The molecule has 0 rings (SSSR count). The molecule has 0 aromatic rings. The van der Waals surface area contributed by atoms with Crippen molar-refractivity contribution in [3.8, 4) is 0 Å². The Morgan fingerprint density at radius 2 is 1.36 bits per heavy atom.